The molecule has 4 aromatic rings. The van der Waals surface area contributed by atoms with Crippen molar-refractivity contribution in [3.05, 3.63) is 71.4 Å². The molecule has 6 nitrogen and oxygen atoms in total. The molecule has 0 bridgehead atoms. The number of hydrogen-bond donors (Lipinski definition) is 2. The summed E-state index contributed by atoms with van der Waals surface area (Å²) in [5.74, 6) is -0.262. The Kier molecular flexibility index (Phi) is 6.67. The molecular formula is C20H16FN5OS3. The van der Waals surface area contributed by atoms with Crippen molar-refractivity contribution in [2.75, 3.05) is 16.4 Å². The highest BCUT2D eigenvalue weighted by Gasteiger charge is 2.11. The van der Waals surface area contributed by atoms with Crippen LogP contribution in [0.25, 0.3) is 11.3 Å². The molecule has 10 heteroatoms. The van der Waals surface area contributed by atoms with E-state index < -0.39 is 0 Å². The predicted molar refractivity (Wildman–Crippen MR) is 121 cm³/mol. The van der Waals surface area contributed by atoms with Gasteiger partial charge in [0.2, 0.25) is 11.0 Å². The van der Waals surface area contributed by atoms with Crippen molar-refractivity contribution in [1.29, 1.82) is 0 Å². The van der Waals surface area contributed by atoms with Gasteiger partial charge in [-0.1, -0.05) is 53.4 Å². The normalized spacial score (nSPS) is 10.7. The first-order chi connectivity index (χ1) is 14.7. The molecule has 0 unspecified atom stereocenters. The number of amides is 1. The van der Waals surface area contributed by atoms with Crippen LogP contribution in [0.3, 0.4) is 0 Å². The molecule has 0 aliphatic heterocycles. The van der Waals surface area contributed by atoms with Gasteiger partial charge < -0.3 is 10.6 Å². The monoisotopic (exact) mass is 457 g/mol. The average molecular weight is 458 g/mol. The molecule has 0 saturated carbocycles. The van der Waals surface area contributed by atoms with Crippen molar-refractivity contribution in [2.45, 2.75) is 10.9 Å². The molecule has 2 heterocycles. The molecule has 0 saturated heterocycles. The van der Waals surface area contributed by atoms with Gasteiger partial charge in [0.1, 0.15) is 5.82 Å². The molecule has 4 rings (SSSR count). The minimum atomic E-state index is -0.297. The first kappa shape index (κ1) is 20.5. The van der Waals surface area contributed by atoms with Crippen molar-refractivity contribution in [1.82, 2.24) is 15.2 Å². The summed E-state index contributed by atoms with van der Waals surface area (Å²) in [6, 6.07) is 16.1. The molecule has 2 aromatic carbocycles. The van der Waals surface area contributed by atoms with Crippen molar-refractivity contribution in [3.8, 4) is 11.3 Å². The fraction of sp³-hybridized carbons (Fsp3) is 0.100. The second kappa shape index (κ2) is 9.79. The zero-order chi connectivity index (χ0) is 20.8. The lowest BCUT2D eigenvalue weighted by atomic mass is 10.2. The molecule has 0 spiro atoms. The predicted octanol–water partition coefficient (Wildman–Crippen LogP) is 5.14. The fourth-order valence-electron chi connectivity index (χ4n) is 2.48. The first-order valence-electron chi connectivity index (χ1n) is 8.91. The lowest BCUT2D eigenvalue weighted by Gasteiger charge is -2.01. The van der Waals surface area contributed by atoms with Crippen molar-refractivity contribution >= 4 is 50.6 Å². The van der Waals surface area contributed by atoms with E-state index in [1.807, 2.05) is 35.7 Å². The molecule has 152 valence electrons. The third-order valence-electron chi connectivity index (χ3n) is 3.91. The Balaban J connectivity index is 1.25. The van der Waals surface area contributed by atoms with Gasteiger partial charge in [-0.15, -0.1) is 21.5 Å². The number of hydrogen-bond acceptors (Lipinski definition) is 8. The van der Waals surface area contributed by atoms with Crippen LogP contribution in [0.4, 0.5) is 14.7 Å². The van der Waals surface area contributed by atoms with Gasteiger partial charge >= 0.3 is 0 Å². The maximum Gasteiger partial charge on any atom is 0.236 e. The van der Waals surface area contributed by atoms with Gasteiger partial charge in [0.25, 0.3) is 0 Å². The summed E-state index contributed by atoms with van der Waals surface area (Å²) in [6.07, 6.45) is 0. The standard InChI is InChI=1S/C20H16FN5OS3/c21-15-8-6-14(7-9-15)16-11-28-19(23-16)24-17(27)12-29-20-26-25-18(30-20)22-10-13-4-2-1-3-5-13/h1-9,11H,10,12H2,(H,22,25)(H,23,24,27). The highest BCUT2D eigenvalue weighted by atomic mass is 32.2. The Morgan fingerprint density at radius 2 is 1.83 bits per heavy atom. The molecule has 2 aromatic heterocycles. The third kappa shape index (κ3) is 5.62. The summed E-state index contributed by atoms with van der Waals surface area (Å²) in [7, 11) is 0. The SMILES string of the molecule is O=C(CSc1nnc(NCc2ccccc2)s1)Nc1nc(-c2ccc(F)cc2)cs1. The number of rotatable bonds is 8. The van der Waals surface area contributed by atoms with Crippen LogP contribution in [0.1, 0.15) is 5.56 Å². The number of anilines is 2. The van der Waals surface area contributed by atoms with Gasteiger partial charge in [0, 0.05) is 17.5 Å². The van der Waals surface area contributed by atoms with E-state index in [1.165, 1.54) is 46.6 Å². The summed E-state index contributed by atoms with van der Waals surface area (Å²) in [4.78, 5) is 16.6. The quantitative estimate of drug-likeness (QED) is 0.357. The van der Waals surface area contributed by atoms with E-state index in [1.54, 1.807) is 12.1 Å². The second-order valence-electron chi connectivity index (χ2n) is 6.09. The Morgan fingerprint density at radius 1 is 1.03 bits per heavy atom. The number of thiazole rings is 1. The summed E-state index contributed by atoms with van der Waals surface area (Å²) >= 11 is 4.06. The number of carbonyl (C=O) groups excluding carboxylic acids is 1. The van der Waals surface area contributed by atoms with Gasteiger partial charge in [-0.3, -0.25) is 4.79 Å². The highest BCUT2D eigenvalue weighted by Crippen LogP contribution is 2.27. The number of thioether (sulfide) groups is 1. The van der Waals surface area contributed by atoms with E-state index in [2.05, 4.69) is 25.8 Å². The van der Waals surface area contributed by atoms with E-state index >= 15 is 0 Å². The second-order valence-corrected chi connectivity index (χ2v) is 9.15. The number of halogens is 1. The van der Waals surface area contributed by atoms with E-state index in [0.717, 1.165) is 11.1 Å². The lowest BCUT2D eigenvalue weighted by molar-refractivity contribution is -0.113. The first-order valence-corrected chi connectivity index (χ1v) is 11.6. The smallest absolute Gasteiger partial charge is 0.236 e. The van der Waals surface area contributed by atoms with Crippen molar-refractivity contribution in [2.24, 2.45) is 0 Å². The van der Waals surface area contributed by atoms with Crippen LogP contribution in [0, 0.1) is 5.82 Å². The largest absolute Gasteiger partial charge is 0.356 e. The Bertz CT molecular complexity index is 1110. The van der Waals surface area contributed by atoms with Gasteiger partial charge in [-0.05, 0) is 29.8 Å². The molecule has 0 atom stereocenters. The topological polar surface area (TPSA) is 79.8 Å². The fourth-order valence-corrected chi connectivity index (χ4v) is 4.76. The van der Waals surface area contributed by atoms with Crippen molar-refractivity contribution in [3.63, 3.8) is 0 Å². The Morgan fingerprint density at radius 3 is 2.63 bits per heavy atom. The van der Waals surface area contributed by atoms with E-state index in [4.69, 9.17) is 0 Å². The third-order valence-corrected chi connectivity index (χ3v) is 6.68. The molecule has 0 fully saturated rings. The highest BCUT2D eigenvalue weighted by molar-refractivity contribution is 8.01. The average Bonchev–Trinajstić information content (AvgIpc) is 3.42. The molecular weight excluding hydrogens is 441 g/mol. The summed E-state index contributed by atoms with van der Waals surface area (Å²) in [5, 5.41) is 17.3. The molecule has 2 N–H and O–H groups in total. The Labute approximate surface area is 184 Å². The summed E-state index contributed by atoms with van der Waals surface area (Å²) in [5.41, 5.74) is 2.65. The number of nitrogens with zero attached hydrogens (tertiary/aromatic N) is 3. The molecule has 0 aliphatic carbocycles. The number of aromatic nitrogens is 3. The summed E-state index contributed by atoms with van der Waals surface area (Å²) in [6.45, 7) is 0.668. The van der Waals surface area contributed by atoms with Crippen LogP contribution in [-0.4, -0.2) is 26.8 Å². The number of benzene rings is 2. The van der Waals surface area contributed by atoms with Crippen LogP contribution in [0.2, 0.25) is 0 Å². The van der Waals surface area contributed by atoms with Crippen LogP contribution in [0.15, 0.2) is 64.3 Å². The van der Waals surface area contributed by atoms with E-state index in [-0.39, 0.29) is 17.5 Å². The van der Waals surface area contributed by atoms with Gasteiger partial charge in [-0.2, -0.15) is 0 Å². The van der Waals surface area contributed by atoms with Crippen LogP contribution >= 0.6 is 34.4 Å². The molecule has 1 amide bonds. The zero-order valence-corrected chi connectivity index (χ0v) is 18.0. The maximum absolute atomic E-state index is 13.0. The van der Waals surface area contributed by atoms with Gasteiger partial charge in [0.05, 0.1) is 11.4 Å². The minimum absolute atomic E-state index is 0.172. The molecule has 0 aliphatic rings. The molecule has 0 radical (unpaired) electrons. The van der Waals surface area contributed by atoms with Crippen LogP contribution in [0.5, 0.6) is 0 Å². The van der Waals surface area contributed by atoms with E-state index in [0.29, 0.717) is 26.8 Å². The summed E-state index contributed by atoms with van der Waals surface area (Å²) < 4.78 is 13.8. The lowest BCUT2D eigenvalue weighted by Crippen LogP contribution is -2.13. The zero-order valence-electron chi connectivity index (χ0n) is 15.5. The minimum Gasteiger partial charge on any atom is -0.356 e. The maximum atomic E-state index is 13.0. The molecule has 30 heavy (non-hydrogen) atoms. The number of carbonyl (C=O) groups is 1. The van der Waals surface area contributed by atoms with Crippen LogP contribution < -0.4 is 10.6 Å². The van der Waals surface area contributed by atoms with Crippen LogP contribution in [-0.2, 0) is 11.3 Å². The van der Waals surface area contributed by atoms with E-state index in [9.17, 15) is 9.18 Å². The Hall–Kier alpha value is -2.82. The van der Waals surface area contributed by atoms with Gasteiger partial charge in [-0.25, -0.2) is 9.37 Å². The van der Waals surface area contributed by atoms with Crippen molar-refractivity contribution < 1.29 is 9.18 Å². The van der Waals surface area contributed by atoms with Gasteiger partial charge in [0.15, 0.2) is 9.47 Å². The number of nitrogens with one attached hydrogen (secondary N) is 2.